The summed E-state index contributed by atoms with van der Waals surface area (Å²) in [5, 5.41) is 23.3. The zero-order chi connectivity index (χ0) is 14.7. The Labute approximate surface area is 133 Å². The van der Waals surface area contributed by atoms with E-state index in [4.69, 9.17) is 16.9 Å². The molecule has 0 spiro atoms. The zero-order valence-electron chi connectivity index (χ0n) is 9.93. The number of nitro groups is 1. The van der Waals surface area contributed by atoms with Gasteiger partial charge in [-0.05, 0) is 52.9 Å². The van der Waals surface area contributed by atoms with Gasteiger partial charge in [-0.1, -0.05) is 11.6 Å². The number of hydrogen-bond donors (Lipinski definition) is 1. The van der Waals surface area contributed by atoms with Crippen molar-refractivity contribution in [1.29, 1.82) is 5.26 Å². The Kier molecular flexibility index (Phi) is 4.42. The van der Waals surface area contributed by atoms with Gasteiger partial charge in [-0.25, -0.2) is 0 Å². The van der Waals surface area contributed by atoms with Crippen LogP contribution in [-0.2, 0) is 0 Å². The van der Waals surface area contributed by atoms with Gasteiger partial charge in [0.15, 0.2) is 0 Å². The molecule has 5 nitrogen and oxygen atoms in total. The van der Waals surface area contributed by atoms with Crippen LogP contribution in [0.1, 0.15) is 5.56 Å². The van der Waals surface area contributed by atoms with Crippen molar-refractivity contribution in [3.63, 3.8) is 0 Å². The number of rotatable bonds is 3. The van der Waals surface area contributed by atoms with Gasteiger partial charge in [0.05, 0.1) is 19.7 Å². The van der Waals surface area contributed by atoms with Crippen molar-refractivity contribution < 1.29 is 4.92 Å². The second-order valence-corrected chi connectivity index (χ2v) is 5.45. The molecule has 0 aliphatic heterocycles. The molecule has 0 amide bonds. The second kappa shape index (κ2) is 6.07. The zero-order valence-corrected chi connectivity index (χ0v) is 12.8. The number of hydrogen-bond acceptors (Lipinski definition) is 4. The normalized spacial score (nSPS) is 9.85. The third-order valence-corrected chi connectivity index (χ3v) is 3.62. The monoisotopic (exact) mass is 399 g/mol. The van der Waals surface area contributed by atoms with Crippen LogP contribution in [0.5, 0.6) is 0 Å². The topological polar surface area (TPSA) is 79.0 Å². The first-order valence-corrected chi connectivity index (χ1v) is 6.87. The molecule has 0 saturated heterocycles. The van der Waals surface area contributed by atoms with Crippen molar-refractivity contribution in [2.45, 2.75) is 0 Å². The molecule has 0 fully saturated rings. The first-order valence-electron chi connectivity index (χ1n) is 5.42. The van der Waals surface area contributed by atoms with Crippen LogP contribution in [0.3, 0.4) is 0 Å². The minimum Gasteiger partial charge on any atom is -0.354 e. The fraction of sp³-hybridized carbons (Fsp3) is 0. The molecular formula is C13H7ClIN3O2. The summed E-state index contributed by atoms with van der Waals surface area (Å²) in [6.07, 6.45) is 0. The Hall–Kier alpha value is -1.85. The molecule has 2 aromatic carbocycles. The van der Waals surface area contributed by atoms with Gasteiger partial charge in [0.25, 0.3) is 5.69 Å². The third kappa shape index (κ3) is 3.18. The van der Waals surface area contributed by atoms with Crippen LogP contribution in [0.2, 0.25) is 5.02 Å². The molecule has 2 aromatic rings. The van der Waals surface area contributed by atoms with Crippen molar-refractivity contribution in [3.8, 4) is 6.07 Å². The van der Waals surface area contributed by atoms with Gasteiger partial charge in [0.2, 0.25) is 0 Å². The predicted octanol–water partition coefficient (Wildman–Crippen LogP) is 4.47. The summed E-state index contributed by atoms with van der Waals surface area (Å²) in [7, 11) is 0. The number of halogens is 2. The summed E-state index contributed by atoms with van der Waals surface area (Å²) in [6.45, 7) is 0. The molecule has 0 unspecified atom stereocenters. The van der Waals surface area contributed by atoms with Crippen molar-refractivity contribution >= 4 is 51.3 Å². The number of benzene rings is 2. The molecular weight excluding hydrogens is 393 g/mol. The Bertz CT molecular complexity index is 728. The Morgan fingerprint density at radius 3 is 2.65 bits per heavy atom. The highest BCUT2D eigenvalue weighted by Crippen LogP contribution is 2.28. The molecule has 0 atom stereocenters. The number of nitrogens with one attached hydrogen (secondary N) is 1. The molecule has 0 bridgehead atoms. The Morgan fingerprint density at radius 2 is 2.05 bits per heavy atom. The molecule has 0 aliphatic rings. The van der Waals surface area contributed by atoms with E-state index in [1.165, 1.54) is 6.07 Å². The number of nitrogens with zero attached hydrogens (tertiary/aromatic N) is 2. The lowest BCUT2D eigenvalue weighted by Gasteiger charge is -2.09. The highest BCUT2D eigenvalue weighted by molar-refractivity contribution is 14.1. The van der Waals surface area contributed by atoms with E-state index < -0.39 is 4.92 Å². The van der Waals surface area contributed by atoms with Gasteiger partial charge in [0, 0.05) is 16.8 Å². The lowest BCUT2D eigenvalue weighted by atomic mass is 10.2. The smallest absolute Gasteiger partial charge is 0.282 e. The molecule has 2 rings (SSSR count). The highest BCUT2D eigenvalue weighted by atomic mass is 127. The van der Waals surface area contributed by atoms with Crippen LogP contribution in [0.25, 0.3) is 0 Å². The summed E-state index contributed by atoms with van der Waals surface area (Å²) in [5.41, 5.74) is 1.70. The predicted molar refractivity (Wildman–Crippen MR) is 85.3 cm³/mol. The molecule has 7 heteroatoms. The molecule has 20 heavy (non-hydrogen) atoms. The maximum absolute atomic E-state index is 10.8. The quantitative estimate of drug-likeness (QED) is 0.469. The van der Waals surface area contributed by atoms with Crippen molar-refractivity contribution in [2.24, 2.45) is 0 Å². The minimum atomic E-state index is -0.439. The van der Waals surface area contributed by atoms with Gasteiger partial charge in [-0.15, -0.1) is 0 Å². The largest absolute Gasteiger partial charge is 0.354 e. The van der Waals surface area contributed by atoms with Crippen LogP contribution in [0.15, 0.2) is 36.4 Å². The summed E-state index contributed by atoms with van der Waals surface area (Å²) in [4.78, 5) is 10.3. The van der Waals surface area contributed by atoms with Gasteiger partial charge >= 0.3 is 0 Å². The SMILES string of the molecule is N#Cc1ccc(Cl)cc1Nc1ccc([N+](=O)[O-])c(I)c1. The standard InChI is InChI=1S/C13H7ClIN3O2/c14-9-2-1-8(7-16)12(5-9)17-10-3-4-13(18(19)20)11(15)6-10/h1-6,17H. The maximum atomic E-state index is 10.8. The average molecular weight is 400 g/mol. The van der Waals surface area contributed by atoms with E-state index in [9.17, 15) is 10.1 Å². The molecule has 1 N–H and O–H groups in total. The molecule has 0 heterocycles. The summed E-state index contributed by atoms with van der Waals surface area (Å²) in [5.74, 6) is 0. The molecule has 0 radical (unpaired) electrons. The van der Waals surface area contributed by atoms with Crippen molar-refractivity contribution in [2.75, 3.05) is 5.32 Å². The third-order valence-electron chi connectivity index (χ3n) is 2.53. The molecule has 0 saturated carbocycles. The van der Waals surface area contributed by atoms with E-state index in [1.54, 1.807) is 30.3 Å². The van der Waals surface area contributed by atoms with E-state index in [-0.39, 0.29) is 5.69 Å². The fourth-order valence-electron chi connectivity index (χ4n) is 1.61. The van der Waals surface area contributed by atoms with Crippen molar-refractivity contribution in [3.05, 3.63) is 60.7 Å². The van der Waals surface area contributed by atoms with Gasteiger partial charge < -0.3 is 5.32 Å². The van der Waals surface area contributed by atoms with E-state index >= 15 is 0 Å². The summed E-state index contributed by atoms with van der Waals surface area (Å²) >= 11 is 7.79. The Morgan fingerprint density at radius 1 is 1.30 bits per heavy atom. The molecule has 0 aromatic heterocycles. The van der Waals surface area contributed by atoms with Crippen LogP contribution in [0.4, 0.5) is 17.1 Å². The molecule has 0 aliphatic carbocycles. The van der Waals surface area contributed by atoms with Crippen molar-refractivity contribution in [1.82, 2.24) is 0 Å². The lowest BCUT2D eigenvalue weighted by molar-refractivity contribution is -0.385. The maximum Gasteiger partial charge on any atom is 0.282 e. The van der Waals surface area contributed by atoms with E-state index in [1.807, 2.05) is 22.6 Å². The second-order valence-electron chi connectivity index (χ2n) is 3.85. The average Bonchev–Trinajstić information content (AvgIpc) is 2.38. The van der Waals surface area contributed by atoms with Gasteiger partial charge in [-0.2, -0.15) is 5.26 Å². The van der Waals surface area contributed by atoms with Crippen LogP contribution < -0.4 is 5.32 Å². The van der Waals surface area contributed by atoms with Crippen LogP contribution >= 0.6 is 34.2 Å². The first kappa shape index (κ1) is 14.6. The number of nitro benzene ring substituents is 1. The van der Waals surface area contributed by atoms with Crippen LogP contribution in [0, 0.1) is 25.0 Å². The number of nitriles is 1. The van der Waals surface area contributed by atoms with Gasteiger partial charge in [0.1, 0.15) is 6.07 Å². The van der Waals surface area contributed by atoms with E-state index in [2.05, 4.69) is 11.4 Å². The first-order chi connectivity index (χ1) is 9.51. The van der Waals surface area contributed by atoms with E-state index in [0.717, 1.165) is 0 Å². The highest BCUT2D eigenvalue weighted by Gasteiger charge is 2.12. The summed E-state index contributed by atoms with van der Waals surface area (Å²) in [6, 6.07) is 11.6. The number of anilines is 2. The lowest BCUT2D eigenvalue weighted by Crippen LogP contribution is -1.96. The van der Waals surface area contributed by atoms with E-state index in [0.29, 0.717) is 25.5 Å². The van der Waals surface area contributed by atoms with Gasteiger partial charge in [-0.3, -0.25) is 10.1 Å². The minimum absolute atomic E-state index is 0.0442. The Balaban J connectivity index is 2.36. The van der Waals surface area contributed by atoms with Crippen LogP contribution in [-0.4, -0.2) is 4.92 Å². The summed E-state index contributed by atoms with van der Waals surface area (Å²) < 4.78 is 0.512. The molecule has 100 valence electrons. The fourth-order valence-corrected chi connectivity index (χ4v) is 2.49.